The second-order valence-electron chi connectivity index (χ2n) is 8.60. The van der Waals surface area contributed by atoms with Crippen LogP contribution in [0, 0.1) is 0 Å². The molecule has 3 N–H and O–H groups in total. The predicted octanol–water partition coefficient (Wildman–Crippen LogP) is 5.87. The normalized spacial score (nSPS) is 18.6. The van der Waals surface area contributed by atoms with E-state index in [2.05, 4.69) is 33.5 Å². The Hall–Kier alpha value is -2.33. The van der Waals surface area contributed by atoms with Gasteiger partial charge in [0, 0.05) is 22.4 Å². The van der Waals surface area contributed by atoms with Crippen molar-refractivity contribution in [3.8, 4) is 10.6 Å². The molecule has 0 saturated heterocycles. The number of amides is 2. The van der Waals surface area contributed by atoms with Gasteiger partial charge in [-0.15, -0.1) is 22.8 Å². The van der Waals surface area contributed by atoms with E-state index in [4.69, 9.17) is 9.84 Å². The van der Waals surface area contributed by atoms with E-state index in [0.29, 0.717) is 16.5 Å². The Morgan fingerprint density at radius 2 is 1.84 bits per heavy atom. The third kappa shape index (κ3) is 5.92. The van der Waals surface area contributed by atoms with Crippen LogP contribution in [0.15, 0.2) is 17.0 Å². The maximum Gasteiger partial charge on any atom is 0.409 e. The third-order valence-electron chi connectivity index (χ3n) is 5.45. The zero-order chi connectivity index (χ0) is 23.4. The Labute approximate surface area is 197 Å². The molecule has 3 rings (SSSR count). The largest absolute Gasteiger partial charge is 0.465 e. The highest BCUT2D eigenvalue weighted by atomic mass is 32.1. The van der Waals surface area contributed by atoms with Gasteiger partial charge in [-0.25, -0.2) is 9.59 Å². The highest BCUT2D eigenvalue weighted by Crippen LogP contribution is 2.41. The van der Waals surface area contributed by atoms with Crippen molar-refractivity contribution in [2.45, 2.75) is 82.3 Å². The van der Waals surface area contributed by atoms with Crippen molar-refractivity contribution in [1.29, 1.82) is 0 Å². The molecule has 1 aliphatic rings. The molecule has 1 heterocycles. The number of ether oxygens (including phenoxy) is 1. The van der Waals surface area contributed by atoms with Gasteiger partial charge in [0.15, 0.2) is 0 Å². The first-order chi connectivity index (χ1) is 15.2. The molecule has 0 aliphatic heterocycles. The minimum Gasteiger partial charge on any atom is -0.465 e. The summed E-state index contributed by atoms with van der Waals surface area (Å²) in [4.78, 5) is 23.5. The Morgan fingerprint density at radius 3 is 2.44 bits per heavy atom. The van der Waals surface area contributed by atoms with Gasteiger partial charge in [0.05, 0.1) is 11.8 Å². The zero-order valence-electron chi connectivity index (χ0n) is 18.7. The van der Waals surface area contributed by atoms with Gasteiger partial charge in [-0.1, -0.05) is 25.2 Å². The predicted molar refractivity (Wildman–Crippen MR) is 128 cm³/mol. The number of carbonyl (C=O) groups is 2. The molecule has 1 aromatic carbocycles. The van der Waals surface area contributed by atoms with Crippen molar-refractivity contribution in [3.05, 3.63) is 22.7 Å². The van der Waals surface area contributed by atoms with Crippen molar-refractivity contribution in [1.82, 2.24) is 15.5 Å². The molecular weight excluding hydrogens is 448 g/mol. The smallest absolute Gasteiger partial charge is 0.409 e. The molecule has 174 valence electrons. The number of nitrogens with one attached hydrogen (secondary N) is 2. The van der Waals surface area contributed by atoms with E-state index >= 15 is 0 Å². The molecule has 10 heteroatoms. The van der Waals surface area contributed by atoms with Crippen LogP contribution in [0.3, 0.4) is 0 Å². The molecule has 1 fully saturated rings. The number of hydrogen-bond acceptors (Lipinski definition) is 7. The number of alkyl carbamates (subject to hydrolysis) is 1. The first-order valence-corrected chi connectivity index (χ1v) is 12.1. The fourth-order valence-corrected chi connectivity index (χ4v) is 5.56. The van der Waals surface area contributed by atoms with E-state index in [1.165, 1.54) is 0 Å². The SMILES string of the molecule is CC(C)OC(=O)NC1CCC(c2nnc(-c3ccc(NC(=O)O)c(S)c3C(C)C)s2)CC1. The highest BCUT2D eigenvalue weighted by molar-refractivity contribution is 7.80. The lowest BCUT2D eigenvalue weighted by Gasteiger charge is -2.27. The Balaban J connectivity index is 1.72. The first-order valence-electron chi connectivity index (χ1n) is 10.8. The molecule has 32 heavy (non-hydrogen) atoms. The molecule has 0 bridgehead atoms. The van der Waals surface area contributed by atoms with E-state index in [9.17, 15) is 9.59 Å². The number of benzene rings is 1. The van der Waals surface area contributed by atoms with Crippen LogP contribution in [-0.4, -0.2) is 39.6 Å². The lowest BCUT2D eigenvalue weighted by atomic mass is 9.86. The van der Waals surface area contributed by atoms with Crippen molar-refractivity contribution in [3.63, 3.8) is 0 Å². The van der Waals surface area contributed by atoms with Gasteiger partial charge in [-0.2, -0.15) is 0 Å². The summed E-state index contributed by atoms with van der Waals surface area (Å²) in [6, 6.07) is 3.72. The fraction of sp³-hybridized carbons (Fsp3) is 0.545. The number of carbonyl (C=O) groups excluding carboxylic acids is 1. The number of carboxylic acid groups (broad SMARTS) is 1. The topological polar surface area (TPSA) is 113 Å². The van der Waals surface area contributed by atoms with E-state index in [1.54, 1.807) is 17.4 Å². The summed E-state index contributed by atoms with van der Waals surface area (Å²) < 4.78 is 5.17. The van der Waals surface area contributed by atoms with Crippen LogP contribution in [-0.2, 0) is 4.74 Å². The number of rotatable bonds is 6. The van der Waals surface area contributed by atoms with Gasteiger partial charge < -0.3 is 15.2 Å². The monoisotopic (exact) mass is 478 g/mol. The van der Waals surface area contributed by atoms with Gasteiger partial charge in [0.1, 0.15) is 10.0 Å². The second-order valence-corrected chi connectivity index (χ2v) is 10.1. The summed E-state index contributed by atoms with van der Waals surface area (Å²) >= 11 is 6.17. The number of nitrogens with zero attached hydrogens (tertiary/aromatic N) is 2. The molecule has 1 saturated carbocycles. The van der Waals surface area contributed by atoms with Crippen molar-refractivity contribution in [2.75, 3.05) is 5.32 Å². The average Bonchev–Trinajstić information content (AvgIpc) is 3.18. The molecule has 0 unspecified atom stereocenters. The van der Waals surface area contributed by atoms with Crippen LogP contribution in [0.25, 0.3) is 10.6 Å². The lowest BCUT2D eigenvalue weighted by molar-refractivity contribution is 0.109. The molecule has 2 aromatic rings. The van der Waals surface area contributed by atoms with Crippen LogP contribution in [0.2, 0.25) is 0 Å². The van der Waals surface area contributed by atoms with Crippen molar-refractivity contribution < 1.29 is 19.4 Å². The second kappa shape index (κ2) is 10.5. The number of anilines is 1. The molecule has 1 aliphatic carbocycles. The fourth-order valence-electron chi connectivity index (χ4n) is 4.00. The van der Waals surface area contributed by atoms with Crippen molar-refractivity contribution >= 4 is 41.8 Å². The Bertz CT molecular complexity index is 969. The summed E-state index contributed by atoms with van der Waals surface area (Å²) in [7, 11) is 0. The van der Waals surface area contributed by atoms with Gasteiger partial charge >= 0.3 is 12.2 Å². The third-order valence-corrected chi connectivity index (χ3v) is 7.05. The Morgan fingerprint density at radius 1 is 1.16 bits per heavy atom. The van der Waals surface area contributed by atoms with Crippen LogP contribution in [0.1, 0.15) is 75.8 Å². The van der Waals surface area contributed by atoms with E-state index in [0.717, 1.165) is 46.8 Å². The molecule has 8 nitrogen and oxygen atoms in total. The van der Waals surface area contributed by atoms with Crippen LogP contribution in [0.5, 0.6) is 0 Å². The van der Waals surface area contributed by atoms with Gasteiger partial charge in [-0.3, -0.25) is 5.32 Å². The lowest BCUT2D eigenvalue weighted by Crippen LogP contribution is -2.38. The average molecular weight is 479 g/mol. The number of aromatic nitrogens is 2. The van der Waals surface area contributed by atoms with Crippen LogP contribution < -0.4 is 10.6 Å². The number of thiol groups is 1. The first kappa shape index (κ1) is 24.3. The zero-order valence-corrected chi connectivity index (χ0v) is 20.4. The molecule has 0 atom stereocenters. The van der Waals surface area contributed by atoms with Gasteiger partial charge in [-0.05, 0) is 63.1 Å². The van der Waals surface area contributed by atoms with E-state index in [1.807, 2.05) is 33.8 Å². The number of hydrogen-bond donors (Lipinski definition) is 4. The van der Waals surface area contributed by atoms with Gasteiger partial charge in [0.2, 0.25) is 0 Å². The molecular formula is C22H30N4O4S2. The standard InChI is InChI=1S/C22H30N4O4S2/c1-11(2)17-15(9-10-16(18(17)31)24-21(27)28)20-26-25-19(32-20)13-5-7-14(8-6-13)23-22(29)30-12(3)4/h9-14,24,31H,5-8H2,1-4H3,(H,23,29)(H,27,28). The van der Waals surface area contributed by atoms with E-state index < -0.39 is 6.09 Å². The molecule has 2 amide bonds. The molecule has 1 aromatic heterocycles. The summed E-state index contributed by atoms with van der Waals surface area (Å²) in [6.45, 7) is 7.76. The summed E-state index contributed by atoms with van der Waals surface area (Å²) in [6.07, 6.45) is 2.00. The van der Waals surface area contributed by atoms with Gasteiger partial charge in [0.25, 0.3) is 0 Å². The van der Waals surface area contributed by atoms with Crippen LogP contribution in [0.4, 0.5) is 15.3 Å². The van der Waals surface area contributed by atoms with Crippen molar-refractivity contribution in [2.24, 2.45) is 0 Å². The summed E-state index contributed by atoms with van der Waals surface area (Å²) in [5, 5.41) is 25.1. The summed E-state index contributed by atoms with van der Waals surface area (Å²) in [5.74, 6) is 0.443. The maximum atomic E-state index is 11.8. The Kier molecular flexibility index (Phi) is 8.00. The quantitative estimate of drug-likeness (QED) is 0.386. The minimum atomic E-state index is -1.12. The van der Waals surface area contributed by atoms with Crippen LogP contribution >= 0.6 is 24.0 Å². The molecule has 0 spiro atoms. The highest BCUT2D eigenvalue weighted by Gasteiger charge is 2.27. The summed E-state index contributed by atoms with van der Waals surface area (Å²) in [5.41, 5.74) is 2.33. The maximum absolute atomic E-state index is 11.8. The molecule has 0 radical (unpaired) electrons. The minimum absolute atomic E-state index is 0.124. The van der Waals surface area contributed by atoms with E-state index in [-0.39, 0.29) is 24.2 Å².